The maximum Gasteiger partial charge on any atom is 0.254 e. The van der Waals surface area contributed by atoms with Crippen LogP contribution in [0.3, 0.4) is 0 Å². The molecule has 0 atom stereocenters. The third-order valence-electron chi connectivity index (χ3n) is 7.11. The Hall–Kier alpha value is -3.33. The van der Waals surface area contributed by atoms with Crippen LogP contribution < -0.4 is 10.2 Å². The van der Waals surface area contributed by atoms with E-state index in [4.69, 9.17) is 0 Å². The Kier molecular flexibility index (Phi) is 5.81. The van der Waals surface area contributed by atoms with Gasteiger partial charge in [-0.15, -0.1) is 0 Å². The Morgan fingerprint density at radius 3 is 2.35 bits per heavy atom. The van der Waals surface area contributed by atoms with Crippen molar-refractivity contribution in [2.45, 2.75) is 31.2 Å². The van der Waals surface area contributed by atoms with Gasteiger partial charge in [0.1, 0.15) is 5.54 Å². The molecule has 1 N–H and O–H groups in total. The Morgan fingerprint density at radius 1 is 0.941 bits per heavy atom. The Balaban J connectivity index is 1.28. The highest BCUT2D eigenvalue weighted by Gasteiger charge is 2.52. The second-order valence-corrected chi connectivity index (χ2v) is 9.14. The molecule has 0 bridgehead atoms. The predicted octanol–water partition coefficient (Wildman–Crippen LogP) is 3.02. The summed E-state index contributed by atoms with van der Waals surface area (Å²) in [6, 6.07) is 10.5. The van der Waals surface area contributed by atoms with Gasteiger partial charge >= 0.3 is 0 Å². The molecule has 0 unspecified atom stereocenters. The van der Waals surface area contributed by atoms with Gasteiger partial charge in [0, 0.05) is 31.7 Å². The molecule has 2 fully saturated rings. The third-order valence-corrected chi connectivity index (χ3v) is 7.11. The van der Waals surface area contributed by atoms with Crippen LogP contribution in [0.15, 0.2) is 42.5 Å². The van der Waals surface area contributed by atoms with Gasteiger partial charge in [-0.25, -0.2) is 8.78 Å². The lowest BCUT2D eigenvalue weighted by Gasteiger charge is -2.45. The maximum absolute atomic E-state index is 13.6. The van der Waals surface area contributed by atoms with E-state index < -0.39 is 17.2 Å². The fourth-order valence-corrected chi connectivity index (χ4v) is 5.31. The van der Waals surface area contributed by atoms with Crippen molar-refractivity contribution >= 4 is 29.1 Å². The summed E-state index contributed by atoms with van der Waals surface area (Å²) in [5, 5.41) is 2.98. The summed E-state index contributed by atoms with van der Waals surface area (Å²) in [6.07, 6.45) is 3.05. The lowest BCUT2D eigenvalue weighted by atomic mass is 9.89. The molecular weight excluding hydrogens is 442 g/mol. The van der Waals surface area contributed by atoms with E-state index in [1.165, 1.54) is 6.07 Å². The third kappa shape index (κ3) is 3.83. The molecule has 178 valence electrons. The SMILES string of the molecule is O=C(c1ccc(F)c(F)c1)N1CCN(CC(=O)N2c3ccccc3NC(=O)C23CCCC3)CC1. The highest BCUT2D eigenvalue weighted by atomic mass is 19.2. The van der Waals surface area contributed by atoms with E-state index in [1.807, 2.05) is 23.1 Å². The monoisotopic (exact) mass is 468 g/mol. The summed E-state index contributed by atoms with van der Waals surface area (Å²) in [7, 11) is 0. The maximum atomic E-state index is 13.6. The number of carbonyl (C=O) groups is 3. The number of fused-ring (bicyclic) bond motifs is 1. The fourth-order valence-electron chi connectivity index (χ4n) is 5.31. The Morgan fingerprint density at radius 2 is 1.65 bits per heavy atom. The van der Waals surface area contributed by atoms with E-state index in [2.05, 4.69) is 5.32 Å². The minimum absolute atomic E-state index is 0.0996. The molecular formula is C25H26F2N4O3. The highest BCUT2D eigenvalue weighted by molar-refractivity contribution is 6.15. The zero-order chi connectivity index (χ0) is 23.9. The summed E-state index contributed by atoms with van der Waals surface area (Å²) in [4.78, 5) is 44.6. The number of halogens is 2. The van der Waals surface area contributed by atoms with Gasteiger partial charge in [0.15, 0.2) is 11.6 Å². The second kappa shape index (κ2) is 8.79. The van der Waals surface area contributed by atoms with Gasteiger partial charge < -0.3 is 10.2 Å². The van der Waals surface area contributed by atoms with E-state index in [-0.39, 0.29) is 29.8 Å². The molecule has 7 nitrogen and oxygen atoms in total. The van der Waals surface area contributed by atoms with Crippen LogP contribution in [0.1, 0.15) is 36.0 Å². The van der Waals surface area contributed by atoms with Crippen LogP contribution in [0.2, 0.25) is 0 Å². The van der Waals surface area contributed by atoms with Crippen LogP contribution in [-0.4, -0.2) is 65.8 Å². The smallest absolute Gasteiger partial charge is 0.254 e. The number of amides is 3. The molecule has 3 amide bonds. The first-order valence-electron chi connectivity index (χ1n) is 11.6. The zero-order valence-corrected chi connectivity index (χ0v) is 18.7. The largest absolute Gasteiger partial charge is 0.336 e. The summed E-state index contributed by atoms with van der Waals surface area (Å²) in [6.45, 7) is 1.81. The van der Waals surface area contributed by atoms with Crippen molar-refractivity contribution in [3.8, 4) is 0 Å². The number of carbonyl (C=O) groups excluding carboxylic acids is 3. The molecule has 1 saturated heterocycles. The summed E-state index contributed by atoms with van der Waals surface area (Å²) >= 11 is 0. The van der Waals surface area contributed by atoms with Gasteiger partial charge in [0.2, 0.25) is 5.91 Å². The van der Waals surface area contributed by atoms with E-state index >= 15 is 0 Å². The Labute approximate surface area is 196 Å². The summed E-state index contributed by atoms with van der Waals surface area (Å²) in [5.74, 6) is -2.67. The number of piperazine rings is 1. The number of anilines is 2. The van der Waals surface area contributed by atoms with Gasteiger partial charge in [-0.1, -0.05) is 25.0 Å². The number of hydrogen-bond acceptors (Lipinski definition) is 4. The van der Waals surface area contributed by atoms with Crippen molar-refractivity contribution in [1.82, 2.24) is 9.80 Å². The first-order valence-corrected chi connectivity index (χ1v) is 11.6. The van der Waals surface area contributed by atoms with Gasteiger partial charge in [0.25, 0.3) is 11.8 Å². The number of hydrogen-bond donors (Lipinski definition) is 1. The topological polar surface area (TPSA) is 73.0 Å². The molecule has 1 saturated carbocycles. The minimum Gasteiger partial charge on any atom is -0.336 e. The lowest BCUT2D eigenvalue weighted by molar-refractivity contribution is -0.128. The molecule has 34 heavy (non-hydrogen) atoms. The predicted molar refractivity (Wildman–Crippen MR) is 122 cm³/mol. The van der Waals surface area contributed by atoms with Gasteiger partial charge in [-0.2, -0.15) is 0 Å². The normalized spacial score (nSPS) is 19.8. The molecule has 5 rings (SSSR count). The van der Waals surface area contributed by atoms with Crippen molar-refractivity contribution in [1.29, 1.82) is 0 Å². The molecule has 2 aromatic carbocycles. The van der Waals surface area contributed by atoms with Crippen molar-refractivity contribution < 1.29 is 23.2 Å². The average Bonchev–Trinajstić information content (AvgIpc) is 3.32. The van der Waals surface area contributed by atoms with Crippen molar-refractivity contribution in [2.75, 3.05) is 42.9 Å². The molecule has 1 spiro atoms. The Bertz CT molecular complexity index is 1140. The van der Waals surface area contributed by atoms with E-state index in [9.17, 15) is 23.2 Å². The molecule has 9 heteroatoms. The summed E-state index contributed by atoms with van der Waals surface area (Å²) < 4.78 is 26.7. The second-order valence-electron chi connectivity index (χ2n) is 9.14. The van der Waals surface area contributed by atoms with Crippen molar-refractivity contribution in [2.24, 2.45) is 0 Å². The van der Waals surface area contributed by atoms with Crippen LogP contribution in [0.5, 0.6) is 0 Å². The number of nitrogens with zero attached hydrogens (tertiary/aromatic N) is 3. The molecule has 0 radical (unpaired) electrons. The van der Waals surface area contributed by atoms with Crippen molar-refractivity contribution in [3.63, 3.8) is 0 Å². The van der Waals surface area contributed by atoms with Gasteiger partial charge in [-0.3, -0.25) is 24.2 Å². The van der Waals surface area contributed by atoms with Crippen LogP contribution >= 0.6 is 0 Å². The molecule has 3 aliphatic rings. The molecule has 2 aromatic rings. The average molecular weight is 469 g/mol. The first-order chi connectivity index (χ1) is 16.4. The van der Waals surface area contributed by atoms with Crippen LogP contribution in [0, 0.1) is 11.6 Å². The summed E-state index contributed by atoms with van der Waals surface area (Å²) in [5.41, 5.74) is 0.611. The lowest BCUT2D eigenvalue weighted by Crippen LogP contribution is -2.62. The number of nitrogens with one attached hydrogen (secondary N) is 1. The van der Waals surface area contributed by atoms with E-state index in [1.54, 1.807) is 15.9 Å². The van der Waals surface area contributed by atoms with Crippen LogP contribution in [0.4, 0.5) is 20.2 Å². The quantitative estimate of drug-likeness (QED) is 0.752. The number of benzene rings is 2. The standard InChI is InChI=1S/C25H26F2N4O3/c26-18-8-7-17(15-19(18)27)23(33)30-13-11-29(12-14-30)16-22(32)31-21-6-2-1-5-20(21)28-24(34)25(31)9-3-4-10-25/h1-2,5-8,15H,3-4,9-14,16H2,(H,28,34). The first kappa shape index (κ1) is 22.5. The minimum atomic E-state index is -1.05. The van der Waals surface area contributed by atoms with Crippen LogP contribution in [-0.2, 0) is 9.59 Å². The zero-order valence-electron chi connectivity index (χ0n) is 18.7. The van der Waals surface area contributed by atoms with Crippen molar-refractivity contribution in [3.05, 3.63) is 59.7 Å². The van der Waals surface area contributed by atoms with E-state index in [0.717, 1.165) is 30.7 Å². The van der Waals surface area contributed by atoms with E-state index in [0.29, 0.717) is 44.7 Å². The molecule has 0 aromatic heterocycles. The molecule has 1 aliphatic carbocycles. The van der Waals surface area contributed by atoms with Crippen LogP contribution in [0.25, 0.3) is 0 Å². The molecule has 2 aliphatic heterocycles. The highest BCUT2D eigenvalue weighted by Crippen LogP contribution is 2.45. The molecule has 2 heterocycles. The van der Waals surface area contributed by atoms with Gasteiger partial charge in [0.05, 0.1) is 17.9 Å². The number of rotatable bonds is 3. The number of para-hydroxylation sites is 2. The van der Waals surface area contributed by atoms with Gasteiger partial charge in [-0.05, 0) is 43.2 Å². The fraction of sp³-hybridized carbons (Fsp3) is 0.400.